The fourth-order valence-electron chi connectivity index (χ4n) is 1.15. The van der Waals surface area contributed by atoms with Crippen LogP contribution in [0, 0.1) is 6.07 Å². The summed E-state index contributed by atoms with van der Waals surface area (Å²) in [5.41, 5.74) is 0.639. The van der Waals surface area contributed by atoms with Crippen LogP contribution in [0.3, 0.4) is 0 Å². The molecule has 0 saturated heterocycles. The maximum absolute atomic E-state index is 10.8. The van der Waals surface area contributed by atoms with E-state index in [-0.39, 0.29) is 4.90 Å². The molecular weight excluding hydrogens is 202 g/mol. The van der Waals surface area contributed by atoms with Gasteiger partial charge in [0, 0.05) is 11.6 Å². The van der Waals surface area contributed by atoms with Crippen LogP contribution in [0.2, 0.25) is 0 Å². The molecule has 1 aromatic heterocycles. The van der Waals surface area contributed by atoms with Gasteiger partial charge in [-0.2, -0.15) is 8.42 Å². The van der Waals surface area contributed by atoms with Crippen LogP contribution in [0.5, 0.6) is 0 Å². The third-order valence-electron chi connectivity index (χ3n) is 1.79. The number of benzene rings is 1. The summed E-state index contributed by atoms with van der Waals surface area (Å²) in [6.07, 6.45) is 1.56. The molecule has 5 heteroatoms. The Morgan fingerprint density at radius 1 is 1.36 bits per heavy atom. The lowest BCUT2D eigenvalue weighted by Gasteiger charge is -1.98. The van der Waals surface area contributed by atoms with Gasteiger partial charge in [0.2, 0.25) is 0 Å². The van der Waals surface area contributed by atoms with Gasteiger partial charge in [-0.05, 0) is 30.3 Å². The molecule has 71 valence electrons. The first-order chi connectivity index (χ1) is 6.57. The van der Waals surface area contributed by atoms with Gasteiger partial charge in [-0.3, -0.25) is 9.54 Å². The van der Waals surface area contributed by atoms with Gasteiger partial charge in [0.15, 0.2) is 0 Å². The summed E-state index contributed by atoms with van der Waals surface area (Å²) < 4.78 is 30.4. The Kier molecular flexibility index (Phi) is 1.98. The Balaban J connectivity index is 2.75. The molecule has 4 nitrogen and oxygen atoms in total. The van der Waals surface area contributed by atoms with Crippen LogP contribution >= 0.6 is 0 Å². The summed E-state index contributed by atoms with van der Waals surface area (Å²) in [6, 6.07) is 8.56. The number of nitrogens with zero attached hydrogens (tertiary/aromatic N) is 1. The van der Waals surface area contributed by atoms with E-state index in [1.807, 2.05) is 0 Å². The van der Waals surface area contributed by atoms with Crippen molar-refractivity contribution in [1.29, 1.82) is 0 Å². The summed E-state index contributed by atoms with van der Waals surface area (Å²) in [7, 11) is -4.14. The van der Waals surface area contributed by atoms with Crippen molar-refractivity contribution < 1.29 is 13.0 Å². The lowest BCUT2D eigenvalue weighted by Crippen LogP contribution is -1.97. The molecule has 14 heavy (non-hydrogen) atoms. The molecule has 0 saturated carbocycles. The summed E-state index contributed by atoms with van der Waals surface area (Å²) in [4.78, 5) is 3.85. The maximum Gasteiger partial charge on any atom is 0.294 e. The molecule has 0 aliphatic carbocycles. The van der Waals surface area contributed by atoms with E-state index in [9.17, 15) is 8.42 Å². The van der Waals surface area contributed by atoms with Crippen LogP contribution in [0.25, 0.3) is 10.9 Å². The van der Waals surface area contributed by atoms with Gasteiger partial charge < -0.3 is 0 Å². The van der Waals surface area contributed by atoms with Gasteiger partial charge in [0.05, 0.1) is 10.4 Å². The van der Waals surface area contributed by atoms with E-state index in [0.717, 1.165) is 0 Å². The van der Waals surface area contributed by atoms with E-state index in [2.05, 4.69) is 11.1 Å². The van der Waals surface area contributed by atoms with Crippen LogP contribution in [0.4, 0.5) is 0 Å². The lowest BCUT2D eigenvalue weighted by atomic mass is 10.2. The first-order valence-electron chi connectivity index (χ1n) is 3.81. The van der Waals surface area contributed by atoms with Crippen molar-refractivity contribution in [2.24, 2.45) is 0 Å². The Morgan fingerprint density at radius 3 is 2.86 bits per heavy atom. The molecule has 1 aromatic carbocycles. The Labute approximate surface area is 81.0 Å². The predicted octanol–water partition coefficient (Wildman–Crippen LogP) is 1.28. The molecule has 0 atom stereocenters. The third-order valence-corrected chi connectivity index (χ3v) is 2.64. The van der Waals surface area contributed by atoms with Crippen molar-refractivity contribution in [3.8, 4) is 0 Å². The first kappa shape index (κ1) is 9.11. The standard InChI is InChI=1S/C9H6NO3S/c11-14(12,13)8-3-4-9-7(6-8)2-1-5-10-9/h1,3-6H,(H,11,12,13). The van der Waals surface area contributed by atoms with Crippen molar-refractivity contribution >= 4 is 21.0 Å². The van der Waals surface area contributed by atoms with Crippen molar-refractivity contribution in [2.45, 2.75) is 4.90 Å². The van der Waals surface area contributed by atoms with Gasteiger partial charge >= 0.3 is 0 Å². The largest absolute Gasteiger partial charge is 0.294 e. The average Bonchev–Trinajstić information content (AvgIpc) is 2.16. The van der Waals surface area contributed by atoms with Crippen molar-refractivity contribution in [3.63, 3.8) is 0 Å². The number of fused-ring (bicyclic) bond motifs is 1. The van der Waals surface area contributed by atoms with E-state index in [0.29, 0.717) is 10.9 Å². The second-order valence-electron chi connectivity index (χ2n) is 2.74. The molecule has 2 aromatic rings. The highest BCUT2D eigenvalue weighted by Gasteiger charge is 2.09. The molecule has 1 heterocycles. The van der Waals surface area contributed by atoms with Crippen LogP contribution in [-0.4, -0.2) is 18.0 Å². The maximum atomic E-state index is 10.8. The monoisotopic (exact) mass is 208 g/mol. The summed E-state index contributed by atoms with van der Waals surface area (Å²) in [6.45, 7) is 0. The molecule has 0 spiro atoms. The summed E-state index contributed by atoms with van der Waals surface area (Å²) in [5, 5.41) is 0.558. The molecule has 2 rings (SSSR count). The SMILES string of the molecule is O=S(=O)(O)c1ccc2ncc[c]c2c1. The van der Waals surface area contributed by atoms with Crippen LogP contribution in [-0.2, 0) is 10.1 Å². The van der Waals surface area contributed by atoms with Crippen LogP contribution in [0.15, 0.2) is 35.4 Å². The number of hydrogen-bond acceptors (Lipinski definition) is 3. The minimum Gasteiger partial charge on any atom is -0.282 e. The smallest absolute Gasteiger partial charge is 0.282 e. The van der Waals surface area contributed by atoms with E-state index in [1.54, 1.807) is 12.3 Å². The Bertz CT molecular complexity index is 577. The fourth-order valence-corrected chi connectivity index (χ4v) is 1.66. The number of aromatic nitrogens is 1. The highest BCUT2D eigenvalue weighted by Crippen LogP contribution is 2.16. The van der Waals surface area contributed by atoms with Gasteiger partial charge in [-0.15, -0.1) is 0 Å². The van der Waals surface area contributed by atoms with E-state index in [4.69, 9.17) is 4.55 Å². The zero-order chi connectivity index (χ0) is 10.2. The first-order valence-corrected chi connectivity index (χ1v) is 5.25. The van der Waals surface area contributed by atoms with Crippen LogP contribution in [0.1, 0.15) is 0 Å². The predicted molar refractivity (Wildman–Crippen MR) is 50.4 cm³/mol. The molecule has 1 radical (unpaired) electrons. The zero-order valence-corrected chi connectivity index (χ0v) is 7.82. The van der Waals surface area contributed by atoms with Crippen molar-refractivity contribution in [3.05, 3.63) is 36.5 Å². The topological polar surface area (TPSA) is 67.3 Å². The highest BCUT2D eigenvalue weighted by atomic mass is 32.2. The van der Waals surface area contributed by atoms with E-state index >= 15 is 0 Å². The summed E-state index contributed by atoms with van der Waals surface area (Å²) in [5.74, 6) is 0. The van der Waals surface area contributed by atoms with E-state index < -0.39 is 10.1 Å². The molecule has 0 aliphatic heterocycles. The third kappa shape index (κ3) is 1.59. The van der Waals surface area contributed by atoms with Crippen molar-refractivity contribution in [2.75, 3.05) is 0 Å². The molecule has 0 unspecified atom stereocenters. The molecular formula is C9H6NO3S. The normalized spacial score (nSPS) is 11.8. The highest BCUT2D eigenvalue weighted by molar-refractivity contribution is 7.85. The molecule has 1 N–H and O–H groups in total. The van der Waals surface area contributed by atoms with Gasteiger partial charge in [0.25, 0.3) is 10.1 Å². The number of rotatable bonds is 1. The second-order valence-corrected chi connectivity index (χ2v) is 4.16. The minimum atomic E-state index is -4.14. The Morgan fingerprint density at radius 2 is 2.14 bits per heavy atom. The number of hydrogen-bond donors (Lipinski definition) is 1. The molecule has 0 fully saturated rings. The lowest BCUT2D eigenvalue weighted by molar-refractivity contribution is 0.483. The molecule has 0 aliphatic rings. The van der Waals surface area contributed by atoms with Gasteiger partial charge in [-0.1, -0.05) is 0 Å². The van der Waals surface area contributed by atoms with Gasteiger partial charge in [-0.25, -0.2) is 0 Å². The Hall–Kier alpha value is -1.46. The molecule has 0 bridgehead atoms. The van der Waals surface area contributed by atoms with Crippen molar-refractivity contribution in [1.82, 2.24) is 4.98 Å². The average molecular weight is 208 g/mol. The quantitative estimate of drug-likeness (QED) is 0.717. The fraction of sp³-hybridized carbons (Fsp3) is 0. The molecule has 0 amide bonds. The minimum absolute atomic E-state index is 0.144. The second kappa shape index (κ2) is 3.04. The van der Waals surface area contributed by atoms with Crippen LogP contribution < -0.4 is 0 Å². The van der Waals surface area contributed by atoms with E-state index in [1.165, 1.54) is 18.2 Å². The zero-order valence-electron chi connectivity index (χ0n) is 7.01. The number of pyridine rings is 1. The van der Waals surface area contributed by atoms with Gasteiger partial charge in [0.1, 0.15) is 0 Å². The summed E-state index contributed by atoms with van der Waals surface area (Å²) >= 11 is 0.